The number of allylic oxidation sites excluding steroid dienone is 1. The summed E-state index contributed by atoms with van der Waals surface area (Å²) in [4.78, 5) is 22.7. The summed E-state index contributed by atoms with van der Waals surface area (Å²) < 4.78 is 5.91. The molecule has 1 atom stereocenters. The fraction of sp³-hybridized carbons (Fsp3) is 0.231. The van der Waals surface area contributed by atoms with Gasteiger partial charge in [-0.1, -0.05) is 6.58 Å². The Bertz CT molecular complexity index is 565. The highest BCUT2D eigenvalue weighted by Crippen LogP contribution is 2.27. The maximum absolute atomic E-state index is 11.4. The van der Waals surface area contributed by atoms with E-state index in [0.29, 0.717) is 12.7 Å². The number of aliphatic carboxylic acids is 1. The van der Waals surface area contributed by atoms with Crippen LogP contribution in [0.1, 0.15) is 12.5 Å². The van der Waals surface area contributed by atoms with Gasteiger partial charge >= 0.3 is 12.1 Å². The second-order valence-electron chi connectivity index (χ2n) is 4.24. The van der Waals surface area contributed by atoms with E-state index < -0.39 is 18.1 Å². The van der Waals surface area contributed by atoms with Gasteiger partial charge in [0.2, 0.25) is 0 Å². The Balaban J connectivity index is 2.86. The van der Waals surface area contributed by atoms with Crippen molar-refractivity contribution in [1.82, 2.24) is 5.32 Å². The molecular formula is C13H13I2NO5. The van der Waals surface area contributed by atoms with E-state index in [-0.39, 0.29) is 17.9 Å². The van der Waals surface area contributed by atoms with Gasteiger partial charge in [-0.2, -0.15) is 0 Å². The summed E-state index contributed by atoms with van der Waals surface area (Å²) in [5, 5.41) is 21.1. The number of carbonyl (C=O) groups excluding carboxylic acids is 1. The van der Waals surface area contributed by atoms with E-state index in [4.69, 9.17) is 5.11 Å². The van der Waals surface area contributed by atoms with Crippen molar-refractivity contribution in [3.8, 4) is 5.75 Å². The molecule has 0 saturated heterocycles. The maximum atomic E-state index is 11.4. The van der Waals surface area contributed by atoms with Crippen molar-refractivity contribution in [2.24, 2.45) is 0 Å². The summed E-state index contributed by atoms with van der Waals surface area (Å²) in [6, 6.07) is 2.20. The summed E-state index contributed by atoms with van der Waals surface area (Å²) in [6.45, 7) is 4.89. The number of ether oxygens (including phenoxy) is 1. The van der Waals surface area contributed by atoms with Crippen LogP contribution in [0.4, 0.5) is 4.79 Å². The molecule has 0 aliphatic heterocycles. The van der Waals surface area contributed by atoms with Gasteiger partial charge < -0.3 is 20.3 Å². The third kappa shape index (κ3) is 5.69. The van der Waals surface area contributed by atoms with E-state index in [9.17, 15) is 14.7 Å². The molecule has 0 fully saturated rings. The lowest BCUT2D eigenvalue weighted by atomic mass is 10.1. The maximum Gasteiger partial charge on any atom is 0.412 e. The highest BCUT2D eigenvalue weighted by Gasteiger charge is 2.22. The molecule has 8 heteroatoms. The first-order valence-corrected chi connectivity index (χ1v) is 7.90. The van der Waals surface area contributed by atoms with Crippen LogP contribution in [0.25, 0.3) is 0 Å². The molecule has 21 heavy (non-hydrogen) atoms. The van der Waals surface area contributed by atoms with E-state index >= 15 is 0 Å². The smallest absolute Gasteiger partial charge is 0.412 e. The minimum Gasteiger partial charge on any atom is -0.506 e. The molecule has 0 aliphatic rings. The Morgan fingerprint density at radius 3 is 2.33 bits per heavy atom. The van der Waals surface area contributed by atoms with E-state index in [0.717, 1.165) is 0 Å². The first kappa shape index (κ1) is 18.0. The number of phenolic OH excluding ortho intramolecular Hbond substituents is 1. The van der Waals surface area contributed by atoms with Crippen molar-refractivity contribution in [2.75, 3.05) is 0 Å². The highest BCUT2D eigenvalue weighted by atomic mass is 127. The van der Waals surface area contributed by atoms with Gasteiger partial charge in [0.15, 0.2) is 0 Å². The quantitative estimate of drug-likeness (QED) is 0.413. The second kappa shape index (κ2) is 7.82. The molecule has 0 bridgehead atoms. The van der Waals surface area contributed by atoms with Gasteiger partial charge in [0, 0.05) is 6.42 Å². The molecule has 0 aromatic heterocycles. The number of carboxylic acids is 1. The number of hydrogen-bond acceptors (Lipinski definition) is 4. The summed E-state index contributed by atoms with van der Waals surface area (Å²) in [6.07, 6.45) is -0.787. The Hall–Kier alpha value is -1.04. The number of halogens is 2. The molecule has 1 aromatic rings. The van der Waals surface area contributed by atoms with Crippen LogP contribution < -0.4 is 5.32 Å². The predicted molar refractivity (Wildman–Crippen MR) is 93.1 cm³/mol. The van der Waals surface area contributed by atoms with E-state index in [1.54, 1.807) is 12.1 Å². The van der Waals surface area contributed by atoms with E-state index in [1.165, 1.54) is 6.92 Å². The standard InChI is InChI=1S/C13H13I2NO5/c1-6(2)21-13(20)16-10(12(18)19)5-7-3-8(14)11(17)9(15)4-7/h3-4,10,17H,1,5H2,2H3,(H,16,20)(H,18,19). The molecule has 114 valence electrons. The van der Waals surface area contributed by atoms with Crippen molar-refractivity contribution in [3.63, 3.8) is 0 Å². The molecule has 1 amide bonds. The third-order valence-corrected chi connectivity index (χ3v) is 4.02. The average molecular weight is 517 g/mol. The lowest BCUT2D eigenvalue weighted by Crippen LogP contribution is -2.42. The van der Waals surface area contributed by atoms with Crippen LogP contribution in [0.5, 0.6) is 5.75 Å². The number of benzene rings is 1. The van der Waals surface area contributed by atoms with Gasteiger partial charge in [-0.15, -0.1) is 0 Å². The zero-order valence-corrected chi connectivity index (χ0v) is 15.3. The van der Waals surface area contributed by atoms with Gasteiger partial charge in [0.05, 0.1) is 12.9 Å². The van der Waals surface area contributed by atoms with Gasteiger partial charge in [-0.05, 0) is 69.8 Å². The van der Waals surface area contributed by atoms with Gasteiger partial charge in [0.25, 0.3) is 0 Å². The van der Waals surface area contributed by atoms with Crippen molar-refractivity contribution in [3.05, 3.63) is 37.2 Å². The summed E-state index contributed by atoms with van der Waals surface area (Å²) in [5.74, 6) is -0.849. The van der Waals surface area contributed by atoms with Crippen LogP contribution in [0, 0.1) is 7.14 Å². The van der Waals surface area contributed by atoms with Crippen molar-refractivity contribution < 1.29 is 24.5 Å². The largest absolute Gasteiger partial charge is 0.506 e. The molecule has 0 aliphatic carbocycles. The summed E-state index contributed by atoms with van der Waals surface area (Å²) >= 11 is 3.91. The van der Waals surface area contributed by atoms with Crippen LogP contribution >= 0.6 is 45.2 Å². The van der Waals surface area contributed by atoms with Crippen molar-refractivity contribution in [1.29, 1.82) is 0 Å². The van der Waals surface area contributed by atoms with Crippen LogP contribution in [0.2, 0.25) is 0 Å². The Labute approximate surface area is 148 Å². The Morgan fingerprint density at radius 2 is 1.90 bits per heavy atom. The van der Waals surface area contributed by atoms with E-state index in [1.807, 2.05) is 45.2 Å². The number of hydrogen-bond donors (Lipinski definition) is 3. The monoisotopic (exact) mass is 517 g/mol. The SMILES string of the molecule is C=C(C)OC(=O)NC(Cc1cc(I)c(O)c(I)c1)C(=O)O. The molecule has 1 unspecified atom stereocenters. The molecule has 3 N–H and O–H groups in total. The minimum atomic E-state index is -1.17. The number of amides is 1. The first-order valence-electron chi connectivity index (χ1n) is 5.74. The van der Waals surface area contributed by atoms with Gasteiger partial charge in [-0.25, -0.2) is 9.59 Å². The molecule has 1 aromatic carbocycles. The number of carbonyl (C=O) groups is 2. The highest BCUT2D eigenvalue weighted by molar-refractivity contribution is 14.1. The van der Waals surface area contributed by atoms with Crippen LogP contribution in [-0.4, -0.2) is 28.3 Å². The Morgan fingerprint density at radius 1 is 1.38 bits per heavy atom. The topological polar surface area (TPSA) is 95.9 Å². The first-order chi connectivity index (χ1) is 9.70. The lowest BCUT2D eigenvalue weighted by molar-refractivity contribution is -0.139. The molecule has 0 heterocycles. The summed E-state index contributed by atoms with van der Waals surface area (Å²) in [5.41, 5.74) is 0.685. The van der Waals surface area contributed by atoms with E-state index in [2.05, 4.69) is 16.6 Å². The number of aromatic hydroxyl groups is 1. The molecule has 0 radical (unpaired) electrons. The molecular weight excluding hydrogens is 504 g/mol. The normalized spacial score (nSPS) is 11.6. The summed E-state index contributed by atoms with van der Waals surface area (Å²) in [7, 11) is 0. The van der Waals surface area contributed by atoms with Crippen LogP contribution in [0.15, 0.2) is 24.5 Å². The number of rotatable bonds is 5. The zero-order valence-electron chi connectivity index (χ0n) is 11.0. The van der Waals surface area contributed by atoms with Gasteiger partial charge in [-0.3, -0.25) is 0 Å². The van der Waals surface area contributed by atoms with Crippen LogP contribution in [0.3, 0.4) is 0 Å². The fourth-order valence-electron chi connectivity index (χ4n) is 1.50. The second-order valence-corrected chi connectivity index (χ2v) is 6.56. The molecule has 0 spiro atoms. The Kier molecular flexibility index (Phi) is 6.71. The molecule has 6 nitrogen and oxygen atoms in total. The number of alkyl carbamates (subject to hydrolysis) is 1. The van der Waals surface area contributed by atoms with Crippen LogP contribution in [-0.2, 0) is 16.0 Å². The van der Waals surface area contributed by atoms with Crippen molar-refractivity contribution >= 4 is 57.2 Å². The number of carboxylic acid groups (broad SMARTS) is 1. The number of phenols is 1. The zero-order chi connectivity index (χ0) is 16.2. The molecule has 0 saturated carbocycles. The average Bonchev–Trinajstić information content (AvgIpc) is 2.33. The molecule has 1 rings (SSSR count). The number of nitrogens with one attached hydrogen (secondary N) is 1. The lowest BCUT2D eigenvalue weighted by Gasteiger charge is -2.15. The minimum absolute atomic E-state index is 0.0763. The van der Waals surface area contributed by atoms with Crippen molar-refractivity contribution in [2.45, 2.75) is 19.4 Å². The third-order valence-electron chi connectivity index (χ3n) is 2.37. The predicted octanol–water partition coefficient (Wildman–Crippen LogP) is 2.86. The van der Waals surface area contributed by atoms with Gasteiger partial charge in [0.1, 0.15) is 11.8 Å². The fourth-order valence-corrected chi connectivity index (χ4v) is 3.40.